The van der Waals surface area contributed by atoms with E-state index in [1.54, 1.807) is 6.92 Å². The summed E-state index contributed by atoms with van der Waals surface area (Å²) in [6.45, 7) is 3.12. The maximum atomic E-state index is 12.5. The molecule has 1 rings (SSSR count). The lowest BCUT2D eigenvalue weighted by Crippen LogP contribution is -2.27. The van der Waals surface area contributed by atoms with Crippen molar-refractivity contribution in [3.8, 4) is 0 Å². The van der Waals surface area contributed by atoms with Gasteiger partial charge in [-0.3, -0.25) is 0 Å². The van der Waals surface area contributed by atoms with Crippen molar-refractivity contribution < 1.29 is 13.9 Å². The van der Waals surface area contributed by atoms with Crippen LogP contribution in [-0.2, 0) is 0 Å². The normalized spacial score (nSPS) is 45.9. The predicted molar refractivity (Wildman–Crippen MR) is 34.0 cm³/mol. The molecule has 60 valence electrons. The summed E-state index contributed by atoms with van der Waals surface area (Å²) >= 11 is 0. The lowest BCUT2D eigenvalue weighted by atomic mass is 9.95. The smallest absolute Gasteiger partial charge is 0.251 e. The summed E-state index contributed by atoms with van der Waals surface area (Å²) in [6.07, 6.45) is -0.568. The Morgan fingerprint density at radius 2 is 2.00 bits per heavy atom. The van der Waals surface area contributed by atoms with E-state index in [1.165, 1.54) is 6.92 Å². The molecule has 0 aromatic carbocycles. The molecule has 0 saturated heterocycles. The second-order valence-electron chi connectivity index (χ2n) is 3.50. The molecule has 2 atom stereocenters. The van der Waals surface area contributed by atoms with Gasteiger partial charge in [0, 0.05) is 12.8 Å². The van der Waals surface area contributed by atoms with Crippen molar-refractivity contribution in [1.82, 2.24) is 0 Å². The molecule has 0 spiro atoms. The second kappa shape index (κ2) is 1.91. The Morgan fingerprint density at radius 1 is 1.50 bits per heavy atom. The molecule has 1 N–H and O–H groups in total. The minimum atomic E-state index is -2.65. The van der Waals surface area contributed by atoms with Gasteiger partial charge in [-0.15, -0.1) is 0 Å². The van der Waals surface area contributed by atoms with Gasteiger partial charge in [0.15, 0.2) is 0 Å². The zero-order valence-electron chi connectivity index (χ0n) is 6.19. The zero-order valence-corrected chi connectivity index (χ0v) is 6.19. The summed E-state index contributed by atoms with van der Waals surface area (Å²) < 4.78 is 25.1. The molecule has 1 aliphatic rings. The molecule has 0 heterocycles. The van der Waals surface area contributed by atoms with Crippen LogP contribution in [0.25, 0.3) is 0 Å². The summed E-state index contributed by atoms with van der Waals surface area (Å²) in [7, 11) is 0. The first-order valence-corrected chi connectivity index (χ1v) is 3.44. The highest BCUT2D eigenvalue weighted by Crippen LogP contribution is 2.44. The Morgan fingerprint density at radius 3 is 2.10 bits per heavy atom. The van der Waals surface area contributed by atoms with Crippen LogP contribution in [0.4, 0.5) is 8.78 Å². The Bertz CT molecular complexity index is 143. The molecular weight excluding hydrogens is 138 g/mol. The van der Waals surface area contributed by atoms with Gasteiger partial charge in [-0.05, 0) is 12.8 Å². The minimum Gasteiger partial charge on any atom is -0.390 e. The summed E-state index contributed by atoms with van der Waals surface area (Å²) in [5, 5.41) is 9.32. The van der Waals surface area contributed by atoms with E-state index in [0.29, 0.717) is 0 Å². The van der Waals surface area contributed by atoms with Crippen LogP contribution in [0.2, 0.25) is 0 Å². The Balaban J connectivity index is 2.71. The van der Waals surface area contributed by atoms with Gasteiger partial charge in [0.2, 0.25) is 0 Å². The maximum absolute atomic E-state index is 12.5. The lowest BCUT2D eigenvalue weighted by molar-refractivity contribution is -0.0288. The third-order valence-corrected chi connectivity index (χ3v) is 2.28. The number of hydrogen-bond acceptors (Lipinski definition) is 1. The third-order valence-electron chi connectivity index (χ3n) is 2.28. The number of rotatable bonds is 0. The highest BCUT2D eigenvalue weighted by molar-refractivity contribution is 4.95. The molecular formula is C7H12F2O. The molecule has 0 aromatic heterocycles. The number of hydrogen-bond donors (Lipinski definition) is 1. The van der Waals surface area contributed by atoms with E-state index in [1.807, 2.05) is 0 Å². The van der Waals surface area contributed by atoms with Crippen molar-refractivity contribution in [2.45, 2.75) is 38.2 Å². The first kappa shape index (κ1) is 7.92. The average Bonchev–Trinajstić information content (AvgIpc) is 1.73. The molecule has 0 unspecified atom stereocenters. The van der Waals surface area contributed by atoms with Crippen LogP contribution in [0.5, 0.6) is 0 Å². The zero-order chi connectivity index (χ0) is 7.99. The monoisotopic (exact) mass is 150 g/mol. The van der Waals surface area contributed by atoms with Crippen LogP contribution in [0.1, 0.15) is 26.7 Å². The topological polar surface area (TPSA) is 20.2 Å². The van der Waals surface area contributed by atoms with Gasteiger partial charge < -0.3 is 5.11 Å². The largest absolute Gasteiger partial charge is 0.390 e. The maximum Gasteiger partial charge on any atom is 0.251 e. The fourth-order valence-corrected chi connectivity index (χ4v) is 1.44. The molecule has 3 heteroatoms. The van der Waals surface area contributed by atoms with Crippen LogP contribution < -0.4 is 0 Å². The van der Waals surface area contributed by atoms with Gasteiger partial charge in [-0.2, -0.15) is 0 Å². The van der Waals surface area contributed by atoms with E-state index >= 15 is 0 Å². The molecule has 1 aliphatic carbocycles. The van der Waals surface area contributed by atoms with Crippen molar-refractivity contribution in [2.75, 3.05) is 0 Å². The predicted octanol–water partition coefficient (Wildman–Crippen LogP) is 1.80. The van der Waals surface area contributed by atoms with E-state index in [4.69, 9.17) is 0 Å². The van der Waals surface area contributed by atoms with Gasteiger partial charge in [0.25, 0.3) is 5.92 Å². The van der Waals surface area contributed by atoms with E-state index in [0.717, 1.165) is 0 Å². The van der Waals surface area contributed by atoms with Crippen molar-refractivity contribution in [2.24, 2.45) is 5.92 Å². The molecule has 1 fully saturated rings. The molecule has 1 saturated carbocycles. The average molecular weight is 150 g/mol. The van der Waals surface area contributed by atoms with E-state index in [2.05, 4.69) is 0 Å². The van der Waals surface area contributed by atoms with Crippen LogP contribution in [0, 0.1) is 5.92 Å². The van der Waals surface area contributed by atoms with Crippen LogP contribution in [-0.4, -0.2) is 16.6 Å². The first-order valence-electron chi connectivity index (χ1n) is 3.44. The Kier molecular flexibility index (Phi) is 1.51. The standard InChI is InChI=1S/C7H12F2O/c1-5-3-7(8,9)4-6(5,2)10/h5,10H,3-4H2,1-2H3/t5-,6+/m0/s1. The quantitative estimate of drug-likeness (QED) is 0.558. The summed E-state index contributed by atoms with van der Waals surface area (Å²) in [5.74, 6) is -2.94. The SMILES string of the molecule is C[C@H]1CC(F)(F)C[C@@]1(C)O. The van der Waals surface area contributed by atoms with E-state index < -0.39 is 11.5 Å². The van der Waals surface area contributed by atoms with E-state index in [9.17, 15) is 13.9 Å². The lowest BCUT2D eigenvalue weighted by Gasteiger charge is -2.20. The molecule has 0 amide bonds. The number of alkyl halides is 2. The molecule has 0 radical (unpaired) electrons. The molecule has 0 aromatic rings. The van der Waals surface area contributed by atoms with Gasteiger partial charge in [0.1, 0.15) is 0 Å². The van der Waals surface area contributed by atoms with Crippen molar-refractivity contribution in [3.63, 3.8) is 0 Å². The number of halogens is 2. The van der Waals surface area contributed by atoms with Gasteiger partial charge in [-0.1, -0.05) is 6.92 Å². The minimum absolute atomic E-state index is 0.181. The van der Waals surface area contributed by atoms with Gasteiger partial charge in [-0.25, -0.2) is 8.78 Å². The summed E-state index contributed by atoms with van der Waals surface area (Å²) in [5.41, 5.74) is -1.16. The fraction of sp³-hybridized carbons (Fsp3) is 1.00. The van der Waals surface area contributed by atoms with Crippen molar-refractivity contribution in [1.29, 1.82) is 0 Å². The van der Waals surface area contributed by atoms with Crippen LogP contribution >= 0.6 is 0 Å². The van der Waals surface area contributed by atoms with Crippen molar-refractivity contribution >= 4 is 0 Å². The molecule has 10 heavy (non-hydrogen) atoms. The first-order chi connectivity index (χ1) is 4.33. The highest BCUT2D eigenvalue weighted by Gasteiger charge is 2.50. The second-order valence-corrected chi connectivity index (χ2v) is 3.50. The van der Waals surface area contributed by atoms with Crippen LogP contribution in [0.15, 0.2) is 0 Å². The third kappa shape index (κ3) is 1.29. The molecule has 0 bridgehead atoms. The van der Waals surface area contributed by atoms with Crippen molar-refractivity contribution in [3.05, 3.63) is 0 Å². The number of aliphatic hydroxyl groups is 1. The molecule has 1 nitrogen and oxygen atoms in total. The van der Waals surface area contributed by atoms with Gasteiger partial charge in [0.05, 0.1) is 5.60 Å². The van der Waals surface area contributed by atoms with Gasteiger partial charge >= 0.3 is 0 Å². The highest BCUT2D eigenvalue weighted by atomic mass is 19.3. The fourth-order valence-electron chi connectivity index (χ4n) is 1.44. The Hall–Kier alpha value is -0.180. The molecule has 0 aliphatic heterocycles. The summed E-state index contributed by atoms with van der Waals surface area (Å²) in [6, 6.07) is 0. The Labute approximate surface area is 59.0 Å². The summed E-state index contributed by atoms with van der Waals surface area (Å²) in [4.78, 5) is 0. The van der Waals surface area contributed by atoms with E-state index in [-0.39, 0.29) is 18.8 Å². The van der Waals surface area contributed by atoms with Crippen LogP contribution in [0.3, 0.4) is 0 Å².